The summed E-state index contributed by atoms with van der Waals surface area (Å²) in [6.07, 6.45) is -4.34. The Kier molecular flexibility index (Phi) is 12.2. The van der Waals surface area contributed by atoms with E-state index in [-0.39, 0.29) is 6.54 Å². The molecule has 1 aliphatic rings. The molecule has 0 bridgehead atoms. The van der Waals surface area contributed by atoms with Crippen LogP contribution in [0.25, 0.3) is 0 Å². The molecule has 1 saturated heterocycles. The van der Waals surface area contributed by atoms with Crippen LogP contribution in [0.5, 0.6) is 0 Å². The van der Waals surface area contributed by atoms with Gasteiger partial charge in [-0.25, -0.2) is 9.69 Å². The zero-order valence-electron chi connectivity index (χ0n) is 27.8. The number of nitrogens with zero attached hydrogens (tertiary/aromatic N) is 2. The van der Waals surface area contributed by atoms with E-state index in [1.165, 1.54) is 4.90 Å². The van der Waals surface area contributed by atoms with Gasteiger partial charge in [-0.15, -0.1) is 11.8 Å². The number of para-hydroxylation sites is 1. The molecule has 0 aromatic heterocycles. The Bertz CT molecular complexity index is 1660. The molecule has 5 atom stereocenters. The van der Waals surface area contributed by atoms with Crippen LogP contribution in [0.2, 0.25) is 0 Å². The molecule has 1 heterocycles. The van der Waals surface area contributed by atoms with Crippen LogP contribution in [0, 0.1) is 0 Å². The molecule has 0 aliphatic carbocycles. The summed E-state index contributed by atoms with van der Waals surface area (Å²) in [6.45, 7) is 4.19. The number of hydrogen-bond donors (Lipinski definition) is 0. The molecule has 0 radical (unpaired) electrons. The van der Waals surface area contributed by atoms with Gasteiger partial charge in [-0.1, -0.05) is 78.9 Å². The van der Waals surface area contributed by atoms with Crippen molar-refractivity contribution in [3.63, 3.8) is 0 Å². The van der Waals surface area contributed by atoms with Crippen molar-refractivity contribution in [2.24, 2.45) is 0 Å². The molecule has 1 aliphatic heterocycles. The molecule has 49 heavy (non-hydrogen) atoms. The zero-order chi connectivity index (χ0) is 35.7. The highest BCUT2D eigenvalue weighted by atomic mass is 32.2. The number of anilines is 1. The summed E-state index contributed by atoms with van der Waals surface area (Å²) in [5, 5.41) is -0.968. The molecule has 3 amide bonds. The molecule has 0 N–H and O–H groups in total. The molecule has 0 unspecified atom stereocenters. The van der Waals surface area contributed by atoms with Gasteiger partial charge in [0.1, 0.15) is 11.4 Å². The van der Waals surface area contributed by atoms with Crippen LogP contribution in [0.15, 0.2) is 91.0 Å². The number of carbonyl (C=O) groups is 6. The van der Waals surface area contributed by atoms with Crippen LogP contribution < -0.4 is 4.90 Å². The number of rotatable bonds is 13. The molecule has 3 aromatic carbocycles. The smallest absolute Gasteiger partial charge is 0.331 e. The highest BCUT2D eigenvalue weighted by Gasteiger charge is 2.70. The van der Waals surface area contributed by atoms with Crippen molar-refractivity contribution < 1.29 is 47.7 Å². The quantitative estimate of drug-likeness (QED) is 0.140. The number of amides is 3. The fourth-order valence-corrected chi connectivity index (χ4v) is 6.99. The first-order valence-corrected chi connectivity index (χ1v) is 16.3. The Balaban J connectivity index is 1.84. The third kappa shape index (κ3) is 9.05. The first kappa shape index (κ1) is 36.7. The first-order chi connectivity index (χ1) is 23.3. The van der Waals surface area contributed by atoms with E-state index in [0.29, 0.717) is 11.3 Å². The molecule has 1 fully saturated rings. The van der Waals surface area contributed by atoms with Crippen LogP contribution in [0.1, 0.15) is 38.8 Å². The number of benzene rings is 3. The van der Waals surface area contributed by atoms with Gasteiger partial charge in [0.05, 0.1) is 10.9 Å². The fraction of sp³-hybridized carbons (Fsp3) is 0.333. The maximum Gasteiger partial charge on any atom is 0.331 e. The van der Waals surface area contributed by atoms with Crippen LogP contribution in [-0.4, -0.2) is 77.9 Å². The lowest BCUT2D eigenvalue weighted by Crippen LogP contribution is -2.54. The number of carbonyl (C=O) groups excluding carboxylic acids is 6. The lowest BCUT2D eigenvalue weighted by Gasteiger charge is -2.33. The molecule has 0 spiro atoms. The number of thioether (sulfide) groups is 1. The minimum Gasteiger partial charge on any atom is -0.462 e. The van der Waals surface area contributed by atoms with Crippen molar-refractivity contribution in [1.82, 2.24) is 4.90 Å². The number of urea groups is 1. The minimum atomic E-state index is -1.55. The van der Waals surface area contributed by atoms with E-state index in [1.807, 2.05) is 30.3 Å². The molecule has 0 saturated carbocycles. The number of ether oxygens (including phenoxy) is 4. The molecule has 4 rings (SSSR count). The van der Waals surface area contributed by atoms with E-state index >= 15 is 4.79 Å². The Morgan fingerprint density at radius 2 is 1.24 bits per heavy atom. The topological polar surface area (TPSA) is 146 Å². The van der Waals surface area contributed by atoms with Crippen molar-refractivity contribution in [2.75, 3.05) is 18.6 Å². The zero-order valence-corrected chi connectivity index (χ0v) is 28.6. The largest absolute Gasteiger partial charge is 0.462 e. The molecular weight excluding hydrogens is 652 g/mol. The van der Waals surface area contributed by atoms with Crippen molar-refractivity contribution in [1.29, 1.82) is 0 Å². The SMILES string of the molecule is CC(=O)OC[C@@H](OC(C)=O)[C@@H](OC(C)=O)[C@H](OC(C)=O)[C@@H]1S[C@]1(C(=O)N(C(=O)N(C)Cc1ccccc1)c1ccccc1)c1ccccc1. The average Bonchev–Trinajstić information content (AvgIpc) is 3.82. The van der Waals surface area contributed by atoms with Gasteiger partial charge in [-0.2, -0.15) is 0 Å². The van der Waals surface area contributed by atoms with Crippen molar-refractivity contribution in [3.05, 3.63) is 102 Å². The normalized spacial score (nSPS) is 18.1. The summed E-state index contributed by atoms with van der Waals surface area (Å²) >= 11 is 1.09. The second kappa shape index (κ2) is 16.3. The highest BCUT2D eigenvalue weighted by Crippen LogP contribution is 2.65. The molecule has 12 nitrogen and oxygen atoms in total. The fourth-order valence-electron chi connectivity index (χ4n) is 5.48. The predicted molar refractivity (Wildman–Crippen MR) is 180 cm³/mol. The summed E-state index contributed by atoms with van der Waals surface area (Å²) < 4.78 is 20.4. The van der Waals surface area contributed by atoms with E-state index in [4.69, 9.17) is 18.9 Å². The van der Waals surface area contributed by atoms with Crippen LogP contribution in [0.4, 0.5) is 10.5 Å². The van der Waals surface area contributed by atoms with Gasteiger partial charge in [-0.05, 0) is 23.3 Å². The van der Waals surface area contributed by atoms with Gasteiger partial charge in [0.2, 0.25) is 0 Å². The molecule has 13 heteroatoms. The van der Waals surface area contributed by atoms with Gasteiger partial charge in [0.25, 0.3) is 5.91 Å². The van der Waals surface area contributed by atoms with Crippen molar-refractivity contribution >= 4 is 53.3 Å². The summed E-state index contributed by atoms with van der Waals surface area (Å²) in [5.74, 6) is -3.72. The average molecular weight is 691 g/mol. The summed E-state index contributed by atoms with van der Waals surface area (Å²) in [4.78, 5) is 80.8. The van der Waals surface area contributed by atoms with E-state index in [1.54, 1.807) is 67.7 Å². The first-order valence-electron chi connectivity index (χ1n) is 15.4. The highest BCUT2D eigenvalue weighted by molar-refractivity contribution is 8.09. The predicted octanol–water partition coefficient (Wildman–Crippen LogP) is 4.64. The second-order valence-electron chi connectivity index (χ2n) is 11.3. The van der Waals surface area contributed by atoms with Gasteiger partial charge >= 0.3 is 29.9 Å². The van der Waals surface area contributed by atoms with Crippen molar-refractivity contribution in [2.45, 2.75) is 62.5 Å². The maximum absolute atomic E-state index is 15.1. The Morgan fingerprint density at radius 3 is 1.78 bits per heavy atom. The third-order valence-corrected chi connectivity index (χ3v) is 9.19. The monoisotopic (exact) mass is 690 g/mol. The summed E-state index contributed by atoms with van der Waals surface area (Å²) in [5.41, 5.74) is 1.63. The van der Waals surface area contributed by atoms with E-state index in [9.17, 15) is 24.0 Å². The van der Waals surface area contributed by atoms with Crippen LogP contribution >= 0.6 is 11.8 Å². The van der Waals surface area contributed by atoms with Crippen LogP contribution in [0.3, 0.4) is 0 Å². The number of imide groups is 1. The third-order valence-electron chi connectivity index (χ3n) is 7.54. The van der Waals surface area contributed by atoms with E-state index in [0.717, 1.165) is 49.9 Å². The lowest BCUT2D eigenvalue weighted by molar-refractivity contribution is -0.189. The van der Waals surface area contributed by atoms with Gasteiger partial charge in [0, 0.05) is 41.3 Å². The minimum absolute atomic E-state index is 0.204. The number of hydrogen-bond acceptors (Lipinski definition) is 11. The van der Waals surface area contributed by atoms with Crippen LogP contribution in [-0.2, 0) is 54.2 Å². The maximum atomic E-state index is 15.1. The molecule has 258 valence electrons. The van der Waals surface area contributed by atoms with E-state index in [2.05, 4.69) is 0 Å². The van der Waals surface area contributed by atoms with E-state index < -0.39 is 70.7 Å². The van der Waals surface area contributed by atoms with Gasteiger partial charge in [-0.3, -0.25) is 24.0 Å². The molecule has 3 aromatic rings. The summed E-state index contributed by atoms with van der Waals surface area (Å²) in [6, 6.07) is 25.7. The van der Waals surface area contributed by atoms with Gasteiger partial charge < -0.3 is 23.8 Å². The Morgan fingerprint density at radius 1 is 0.714 bits per heavy atom. The summed E-state index contributed by atoms with van der Waals surface area (Å²) in [7, 11) is 1.59. The Hall–Kier alpha value is -5.17. The Labute approximate surface area is 288 Å². The van der Waals surface area contributed by atoms with Crippen molar-refractivity contribution in [3.8, 4) is 0 Å². The number of esters is 4. The molecular formula is C36H38N2O10S. The lowest BCUT2D eigenvalue weighted by atomic mass is 9.88. The second-order valence-corrected chi connectivity index (χ2v) is 12.7. The van der Waals surface area contributed by atoms with Gasteiger partial charge in [0.15, 0.2) is 18.3 Å². The standard InChI is InChI=1S/C36H38N2O10S/c1-23(39)45-22-30(46-24(2)40)31(47-25(3)41)32(48-26(4)42)33-36(49-33,28-17-11-7-12-18-28)34(43)38(29-19-13-8-14-20-29)35(44)37(5)21-27-15-9-6-10-16-27/h6-20,30-33H,21-22H2,1-5H3/t30-,31-,32+,33+,36-/m1/s1.